The number of hydrogen-bond acceptors (Lipinski definition) is 6. The number of allylic oxidation sites excluding steroid dienone is 2. The molecule has 0 radical (unpaired) electrons. The van der Waals surface area contributed by atoms with Crippen molar-refractivity contribution in [1.82, 2.24) is 5.32 Å². The quantitative estimate of drug-likeness (QED) is 0.817. The van der Waals surface area contributed by atoms with Crippen LogP contribution in [-0.2, 0) is 27.2 Å². The Morgan fingerprint density at radius 2 is 2.28 bits per heavy atom. The van der Waals surface area contributed by atoms with Crippen molar-refractivity contribution < 1.29 is 14.3 Å². The van der Waals surface area contributed by atoms with E-state index >= 15 is 0 Å². The van der Waals surface area contributed by atoms with Crippen molar-refractivity contribution in [3.63, 3.8) is 0 Å². The van der Waals surface area contributed by atoms with E-state index in [1.54, 1.807) is 13.8 Å². The highest BCUT2D eigenvalue weighted by Crippen LogP contribution is 2.40. The molecule has 0 fully saturated rings. The van der Waals surface area contributed by atoms with E-state index in [0.717, 1.165) is 25.1 Å². The molecule has 0 saturated carbocycles. The average molecular weight is 339 g/mol. The number of fused-ring (bicyclic) bond motifs is 1. The van der Waals surface area contributed by atoms with Crippen LogP contribution in [0.3, 0.4) is 0 Å². The maximum atomic E-state index is 12.5. The molecule has 1 aromatic rings. The van der Waals surface area contributed by atoms with Gasteiger partial charge in [-0.15, -0.1) is 0 Å². The summed E-state index contributed by atoms with van der Waals surface area (Å²) in [5, 5.41) is 12.9. The van der Waals surface area contributed by atoms with Gasteiger partial charge in [0.25, 0.3) is 0 Å². The number of carbonyl (C=O) groups excluding carboxylic acids is 1. The third-order valence-electron chi connectivity index (χ3n) is 4.55. The summed E-state index contributed by atoms with van der Waals surface area (Å²) < 4.78 is 10.6. The van der Waals surface area contributed by atoms with E-state index in [4.69, 9.17) is 15.2 Å². The lowest BCUT2D eigenvalue weighted by molar-refractivity contribution is -0.139. The minimum absolute atomic E-state index is 0.0393. The molecule has 6 nitrogen and oxygen atoms in total. The fraction of sp³-hybridized carbons (Fsp3) is 0.368. The second-order valence-corrected chi connectivity index (χ2v) is 6.07. The van der Waals surface area contributed by atoms with E-state index in [1.165, 1.54) is 11.1 Å². The standard InChI is InChI=1S/C19H21N3O3/c1-3-24-19(23)16-11(2)25-18(21)15(9-20)17(16)13-4-5-14-10-22-7-6-12(14)8-13/h4-5,8,17,22H,3,6-7,10,21H2,1-2H3. The zero-order chi connectivity index (χ0) is 18.0. The van der Waals surface area contributed by atoms with Crippen molar-refractivity contribution in [2.75, 3.05) is 13.2 Å². The van der Waals surface area contributed by atoms with Crippen LogP contribution in [0.15, 0.2) is 41.0 Å². The number of carbonyl (C=O) groups is 1. The Kier molecular flexibility index (Phi) is 4.77. The summed E-state index contributed by atoms with van der Waals surface area (Å²) >= 11 is 0. The van der Waals surface area contributed by atoms with Crippen molar-refractivity contribution in [1.29, 1.82) is 5.26 Å². The van der Waals surface area contributed by atoms with Gasteiger partial charge >= 0.3 is 5.97 Å². The molecule has 2 aliphatic rings. The van der Waals surface area contributed by atoms with Gasteiger partial charge in [0.05, 0.1) is 18.1 Å². The van der Waals surface area contributed by atoms with Crippen LogP contribution in [0.25, 0.3) is 0 Å². The van der Waals surface area contributed by atoms with Gasteiger partial charge in [0.1, 0.15) is 17.4 Å². The van der Waals surface area contributed by atoms with Crippen LogP contribution in [0.5, 0.6) is 0 Å². The first kappa shape index (κ1) is 17.1. The topological polar surface area (TPSA) is 97.4 Å². The van der Waals surface area contributed by atoms with E-state index < -0.39 is 11.9 Å². The van der Waals surface area contributed by atoms with Crippen molar-refractivity contribution in [2.24, 2.45) is 5.73 Å². The molecule has 3 rings (SSSR count). The zero-order valence-electron chi connectivity index (χ0n) is 14.4. The summed E-state index contributed by atoms with van der Waals surface area (Å²) in [6, 6.07) is 8.14. The minimum atomic E-state index is -0.571. The van der Waals surface area contributed by atoms with Gasteiger partial charge in [-0.3, -0.25) is 0 Å². The predicted molar refractivity (Wildman–Crippen MR) is 91.8 cm³/mol. The number of nitrogens with two attached hydrogens (primary N) is 1. The Morgan fingerprint density at radius 3 is 3.00 bits per heavy atom. The van der Waals surface area contributed by atoms with E-state index in [0.29, 0.717) is 11.3 Å². The largest absolute Gasteiger partial charge is 0.463 e. The smallest absolute Gasteiger partial charge is 0.338 e. The van der Waals surface area contributed by atoms with Gasteiger partial charge in [-0.05, 0) is 43.5 Å². The number of ether oxygens (including phenoxy) is 2. The molecule has 130 valence electrons. The second kappa shape index (κ2) is 6.99. The van der Waals surface area contributed by atoms with Crippen LogP contribution in [0.1, 0.15) is 36.5 Å². The van der Waals surface area contributed by atoms with Crippen molar-refractivity contribution in [3.8, 4) is 6.07 Å². The van der Waals surface area contributed by atoms with Crippen molar-refractivity contribution in [2.45, 2.75) is 32.7 Å². The predicted octanol–water partition coefficient (Wildman–Crippen LogP) is 1.98. The van der Waals surface area contributed by atoms with Crippen LogP contribution >= 0.6 is 0 Å². The summed E-state index contributed by atoms with van der Waals surface area (Å²) in [5.74, 6) is -0.639. The van der Waals surface area contributed by atoms with Crippen molar-refractivity contribution >= 4 is 5.97 Å². The lowest BCUT2D eigenvalue weighted by Crippen LogP contribution is -2.27. The number of nitrogens with one attached hydrogen (secondary N) is 1. The molecule has 0 spiro atoms. The maximum absolute atomic E-state index is 12.5. The number of esters is 1. The highest BCUT2D eigenvalue weighted by molar-refractivity contribution is 5.92. The Morgan fingerprint density at radius 1 is 1.48 bits per heavy atom. The molecule has 0 amide bonds. The monoisotopic (exact) mass is 339 g/mol. The molecule has 0 aromatic heterocycles. The molecule has 0 bridgehead atoms. The summed E-state index contributed by atoms with van der Waals surface area (Å²) in [7, 11) is 0. The van der Waals surface area contributed by atoms with Gasteiger partial charge in [-0.1, -0.05) is 18.2 Å². The third-order valence-corrected chi connectivity index (χ3v) is 4.55. The van der Waals surface area contributed by atoms with Crippen LogP contribution in [0.2, 0.25) is 0 Å². The van der Waals surface area contributed by atoms with Crippen LogP contribution in [-0.4, -0.2) is 19.1 Å². The van der Waals surface area contributed by atoms with Gasteiger partial charge in [0, 0.05) is 6.54 Å². The highest BCUT2D eigenvalue weighted by atomic mass is 16.5. The molecule has 1 atom stereocenters. The molecule has 1 unspecified atom stereocenters. The second-order valence-electron chi connectivity index (χ2n) is 6.07. The first-order valence-electron chi connectivity index (χ1n) is 8.34. The molecule has 25 heavy (non-hydrogen) atoms. The van der Waals surface area contributed by atoms with Crippen molar-refractivity contribution in [3.05, 3.63) is 57.7 Å². The van der Waals surface area contributed by atoms with E-state index in [-0.39, 0.29) is 18.1 Å². The number of benzene rings is 1. The van der Waals surface area contributed by atoms with Gasteiger partial charge in [-0.25, -0.2) is 4.79 Å². The Hall–Kier alpha value is -2.78. The van der Waals surface area contributed by atoms with Crippen LogP contribution in [0.4, 0.5) is 0 Å². The molecular weight excluding hydrogens is 318 g/mol. The number of hydrogen-bond donors (Lipinski definition) is 2. The summed E-state index contributed by atoms with van der Waals surface area (Å²) in [6.07, 6.45) is 0.908. The molecular formula is C19H21N3O3. The SMILES string of the molecule is CCOC(=O)C1=C(C)OC(N)=C(C#N)C1c1ccc2c(c1)CCNC2. The van der Waals surface area contributed by atoms with E-state index in [2.05, 4.69) is 17.5 Å². The molecule has 0 aliphatic carbocycles. The molecule has 1 aromatic carbocycles. The number of rotatable bonds is 3. The molecule has 6 heteroatoms. The van der Waals surface area contributed by atoms with Gasteiger partial charge in [0.2, 0.25) is 5.88 Å². The lowest BCUT2D eigenvalue weighted by Gasteiger charge is -2.28. The zero-order valence-corrected chi connectivity index (χ0v) is 14.4. The molecule has 2 heterocycles. The van der Waals surface area contributed by atoms with E-state index in [9.17, 15) is 10.1 Å². The van der Waals surface area contributed by atoms with Gasteiger partial charge in [-0.2, -0.15) is 5.26 Å². The van der Waals surface area contributed by atoms with Gasteiger partial charge < -0.3 is 20.5 Å². The fourth-order valence-corrected chi connectivity index (χ4v) is 3.36. The number of nitriles is 1. The van der Waals surface area contributed by atoms with Crippen LogP contribution < -0.4 is 11.1 Å². The minimum Gasteiger partial charge on any atom is -0.463 e. The lowest BCUT2D eigenvalue weighted by atomic mass is 9.81. The van der Waals surface area contributed by atoms with Gasteiger partial charge in [0.15, 0.2) is 0 Å². The first-order valence-corrected chi connectivity index (χ1v) is 8.34. The van der Waals surface area contributed by atoms with E-state index in [1.807, 2.05) is 12.1 Å². The summed E-state index contributed by atoms with van der Waals surface area (Å²) in [6.45, 7) is 5.40. The maximum Gasteiger partial charge on any atom is 0.338 e. The highest BCUT2D eigenvalue weighted by Gasteiger charge is 2.36. The molecule has 3 N–H and O–H groups in total. The fourth-order valence-electron chi connectivity index (χ4n) is 3.36. The Balaban J connectivity index is 2.12. The third kappa shape index (κ3) is 3.11. The van der Waals surface area contributed by atoms with Crippen LogP contribution in [0, 0.1) is 11.3 Å². The molecule has 2 aliphatic heterocycles. The first-order chi connectivity index (χ1) is 12.1. The summed E-state index contributed by atoms with van der Waals surface area (Å²) in [5.41, 5.74) is 9.80. The number of nitrogens with zero attached hydrogens (tertiary/aromatic N) is 1. The normalized spacial score (nSPS) is 19.8. The average Bonchev–Trinajstić information content (AvgIpc) is 2.60. The summed E-state index contributed by atoms with van der Waals surface area (Å²) in [4.78, 5) is 12.5. The molecule has 0 saturated heterocycles. The Bertz CT molecular complexity index is 818. The Labute approximate surface area is 146 Å².